The van der Waals surface area contributed by atoms with Gasteiger partial charge in [0.05, 0.1) is 11.1 Å². The van der Waals surface area contributed by atoms with Crippen molar-refractivity contribution < 1.29 is 18.8 Å². The van der Waals surface area contributed by atoms with Gasteiger partial charge in [-0.15, -0.1) is 0 Å². The summed E-state index contributed by atoms with van der Waals surface area (Å²) in [5, 5.41) is 7.55. The lowest BCUT2D eigenvalue weighted by Gasteiger charge is -2.15. The third kappa shape index (κ3) is 4.50. The average molecular weight is 521 g/mol. The van der Waals surface area contributed by atoms with Crippen LogP contribution in [0.25, 0.3) is 32.9 Å². The minimum Gasteiger partial charge on any atom is -0.366 e. The zero-order valence-electron chi connectivity index (χ0n) is 21.1. The maximum absolute atomic E-state index is 13.3. The molecule has 5 N–H and O–H groups in total. The molecule has 4 aromatic carbocycles. The van der Waals surface area contributed by atoms with Gasteiger partial charge in [-0.1, -0.05) is 24.3 Å². The number of amides is 3. The first-order valence-electron chi connectivity index (χ1n) is 12.7. The maximum atomic E-state index is 13.3. The summed E-state index contributed by atoms with van der Waals surface area (Å²) >= 11 is 0. The zero-order valence-corrected chi connectivity index (χ0v) is 21.1. The Bertz CT molecular complexity index is 1800. The molecule has 0 saturated heterocycles. The minimum atomic E-state index is -0.568. The van der Waals surface area contributed by atoms with E-state index in [0.29, 0.717) is 33.4 Å². The Morgan fingerprint density at radius 3 is 2.36 bits per heavy atom. The number of carbonyl (C=O) groups is 3. The molecule has 6 rings (SSSR count). The van der Waals surface area contributed by atoms with E-state index in [0.717, 1.165) is 40.3 Å². The standard InChI is InChI=1S/C31H25FN4O3/c1-16-21(3-2-4-25(16)36-30(38)17-5-8-19(32)9-6-17)22-13-14-24(29(33)37)28-27(22)23-12-7-18(15-26(23)35-28)31(39)34-20-10-11-20/h2-9,12-15,20,35H,10-11H2,1H3,(H2,33,37)(H,34,39)(H,36,38). The minimum absolute atomic E-state index is 0.131. The third-order valence-corrected chi connectivity index (χ3v) is 7.17. The van der Waals surface area contributed by atoms with Crippen molar-refractivity contribution >= 4 is 45.2 Å². The molecule has 8 heteroatoms. The summed E-state index contributed by atoms with van der Waals surface area (Å²) in [7, 11) is 0. The van der Waals surface area contributed by atoms with Gasteiger partial charge in [-0.3, -0.25) is 14.4 Å². The molecule has 1 fully saturated rings. The van der Waals surface area contributed by atoms with Gasteiger partial charge in [-0.2, -0.15) is 0 Å². The molecule has 3 amide bonds. The average Bonchev–Trinajstić information content (AvgIpc) is 3.65. The zero-order chi connectivity index (χ0) is 27.3. The van der Waals surface area contributed by atoms with E-state index in [1.807, 2.05) is 31.2 Å². The molecule has 0 radical (unpaired) electrons. The Kier molecular flexibility index (Phi) is 5.87. The number of halogens is 1. The van der Waals surface area contributed by atoms with Crippen molar-refractivity contribution in [3.8, 4) is 11.1 Å². The number of rotatable bonds is 6. The summed E-state index contributed by atoms with van der Waals surface area (Å²) in [6.07, 6.45) is 1.99. The summed E-state index contributed by atoms with van der Waals surface area (Å²) in [5.41, 5.74) is 11.3. The van der Waals surface area contributed by atoms with Crippen LogP contribution in [0, 0.1) is 12.7 Å². The number of primary amides is 1. The van der Waals surface area contributed by atoms with Crippen LogP contribution >= 0.6 is 0 Å². The summed E-state index contributed by atoms with van der Waals surface area (Å²) < 4.78 is 13.3. The molecule has 0 spiro atoms. The highest BCUT2D eigenvalue weighted by Gasteiger charge is 2.24. The highest BCUT2D eigenvalue weighted by molar-refractivity contribution is 6.20. The topological polar surface area (TPSA) is 117 Å². The van der Waals surface area contributed by atoms with Crippen LogP contribution in [0.1, 0.15) is 49.5 Å². The van der Waals surface area contributed by atoms with Crippen LogP contribution in [0.2, 0.25) is 0 Å². The van der Waals surface area contributed by atoms with Crippen LogP contribution in [-0.2, 0) is 0 Å². The van der Waals surface area contributed by atoms with E-state index in [2.05, 4.69) is 15.6 Å². The number of hydrogen-bond donors (Lipinski definition) is 4. The number of H-pyrrole nitrogens is 1. The van der Waals surface area contributed by atoms with E-state index >= 15 is 0 Å². The van der Waals surface area contributed by atoms with Crippen molar-refractivity contribution in [1.82, 2.24) is 10.3 Å². The number of carbonyl (C=O) groups excluding carboxylic acids is 3. The maximum Gasteiger partial charge on any atom is 0.255 e. The second-order valence-electron chi connectivity index (χ2n) is 9.85. The van der Waals surface area contributed by atoms with Gasteiger partial charge in [0.2, 0.25) is 0 Å². The van der Waals surface area contributed by atoms with Gasteiger partial charge in [-0.05, 0) is 85.0 Å². The summed E-state index contributed by atoms with van der Waals surface area (Å²) in [6.45, 7) is 1.90. The molecular formula is C31H25FN4O3. The second kappa shape index (κ2) is 9.40. The SMILES string of the molecule is Cc1c(NC(=O)c2ccc(F)cc2)cccc1-c1ccc(C(N)=O)c2[nH]c3cc(C(=O)NC4CC4)ccc3c12. The van der Waals surface area contributed by atoms with E-state index in [1.54, 1.807) is 24.3 Å². The first-order chi connectivity index (χ1) is 18.8. The summed E-state index contributed by atoms with van der Waals surface area (Å²) in [4.78, 5) is 41.1. The van der Waals surface area contributed by atoms with Crippen molar-refractivity contribution in [3.05, 3.63) is 101 Å². The number of nitrogens with one attached hydrogen (secondary N) is 3. The first kappa shape index (κ1) is 24.4. The van der Waals surface area contributed by atoms with Gasteiger partial charge in [0, 0.05) is 39.1 Å². The molecule has 1 heterocycles. The lowest BCUT2D eigenvalue weighted by molar-refractivity contribution is 0.0949. The Morgan fingerprint density at radius 2 is 1.64 bits per heavy atom. The Labute approximate surface area is 223 Å². The number of hydrogen-bond acceptors (Lipinski definition) is 3. The summed E-state index contributed by atoms with van der Waals surface area (Å²) in [6, 6.07) is 20.1. The fourth-order valence-electron chi connectivity index (χ4n) is 4.94. The van der Waals surface area contributed by atoms with Gasteiger partial charge in [0.1, 0.15) is 5.82 Å². The predicted molar refractivity (Wildman–Crippen MR) is 149 cm³/mol. The van der Waals surface area contributed by atoms with Crippen LogP contribution in [0.4, 0.5) is 10.1 Å². The van der Waals surface area contributed by atoms with Crippen LogP contribution in [0.5, 0.6) is 0 Å². The molecule has 0 unspecified atom stereocenters. The molecule has 1 aliphatic rings. The molecule has 0 bridgehead atoms. The van der Waals surface area contributed by atoms with Gasteiger partial charge in [0.15, 0.2) is 0 Å². The second-order valence-corrected chi connectivity index (χ2v) is 9.85. The molecule has 0 atom stereocenters. The molecule has 1 aliphatic carbocycles. The van der Waals surface area contributed by atoms with Gasteiger partial charge in [-0.25, -0.2) is 4.39 Å². The molecule has 39 heavy (non-hydrogen) atoms. The predicted octanol–water partition coefficient (Wildman–Crippen LogP) is 5.68. The van der Waals surface area contributed by atoms with E-state index in [1.165, 1.54) is 24.3 Å². The fraction of sp³-hybridized carbons (Fsp3) is 0.129. The fourth-order valence-corrected chi connectivity index (χ4v) is 4.94. The first-order valence-corrected chi connectivity index (χ1v) is 12.7. The van der Waals surface area contributed by atoms with Crippen molar-refractivity contribution in [3.63, 3.8) is 0 Å². The molecule has 1 saturated carbocycles. The highest BCUT2D eigenvalue weighted by atomic mass is 19.1. The molecule has 194 valence electrons. The molecule has 5 aromatic rings. The van der Waals surface area contributed by atoms with Crippen molar-refractivity contribution in [1.29, 1.82) is 0 Å². The smallest absolute Gasteiger partial charge is 0.255 e. The lowest BCUT2D eigenvalue weighted by atomic mass is 9.93. The molecule has 7 nitrogen and oxygen atoms in total. The van der Waals surface area contributed by atoms with Crippen LogP contribution in [-0.4, -0.2) is 28.7 Å². The Balaban J connectivity index is 1.46. The quantitative estimate of drug-likeness (QED) is 0.231. The van der Waals surface area contributed by atoms with Gasteiger partial charge >= 0.3 is 0 Å². The number of fused-ring (bicyclic) bond motifs is 3. The Hall–Kier alpha value is -4.98. The van der Waals surface area contributed by atoms with Crippen molar-refractivity contribution in [2.75, 3.05) is 5.32 Å². The van der Waals surface area contributed by atoms with Crippen LogP contribution in [0.15, 0.2) is 72.8 Å². The van der Waals surface area contributed by atoms with Gasteiger partial charge < -0.3 is 21.4 Å². The van der Waals surface area contributed by atoms with Crippen LogP contribution in [0.3, 0.4) is 0 Å². The monoisotopic (exact) mass is 520 g/mol. The molecule has 1 aromatic heterocycles. The Morgan fingerprint density at radius 1 is 0.897 bits per heavy atom. The third-order valence-electron chi connectivity index (χ3n) is 7.17. The number of aromatic nitrogens is 1. The summed E-state index contributed by atoms with van der Waals surface area (Å²) in [5.74, 6) is -1.47. The van der Waals surface area contributed by atoms with E-state index in [-0.39, 0.29) is 17.9 Å². The number of nitrogens with two attached hydrogens (primary N) is 1. The van der Waals surface area contributed by atoms with Crippen LogP contribution < -0.4 is 16.4 Å². The van der Waals surface area contributed by atoms with Crippen molar-refractivity contribution in [2.24, 2.45) is 5.73 Å². The lowest BCUT2D eigenvalue weighted by Crippen LogP contribution is -2.25. The highest BCUT2D eigenvalue weighted by Crippen LogP contribution is 2.39. The number of anilines is 1. The normalized spacial score (nSPS) is 13.0. The van der Waals surface area contributed by atoms with E-state index in [9.17, 15) is 18.8 Å². The number of benzene rings is 4. The largest absolute Gasteiger partial charge is 0.366 e. The van der Waals surface area contributed by atoms with E-state index in [4.69, 9.17) is 5.73 Å². The molecular weight excluding hydrogens is 495 g/mol. The molecule has 0 aliphatic heterocycles. The van der Waals surface area contributed by atoms with Crippen molar-refractivity contribution in [2.45, 2.75) is 25.8 Å². The van der Waals surface area contributed by atoms with E-state index < -0.39 is 11.7 Å². The number of aromatic amines is 1. The van der Waals surface area contributed by atoms with Gasteiger partial charge in [0.25, 0.3) is 17.7 Å².